The maximum Gasteiger partial charge on any atom is 0.0913 e. The summed E-state index contributed by atoms with van der Waals surface area (Å²) in [6.07, 6.45) is 13.1. The molecule has 0 spiro atoms. The first kappa shape index (κ1) is 33.0. The maximum absolute atomic E-state index is 5.38. The van der Waals surface area contributed by atoms with Crippen LogP contribution in [-0.2, 0) is 12.8 Å². The van der Waals surface area contributed by atoms with Crippen LogP contribution >= 0.6 is 0 Å². The molecule has 6 heteroatoms. The van der Waals surface area contributed by atoms with E-state index in [4.69, 9.17) is 9.97 Å². The highest BCUT2D eigenvalue weighted by Gasteiger charge is 2.26. The zero-order valence-corrected chi connectivity index (χ0v) is 31.9. The molecule has 0 saturated heterocycles. The summed E-state index contributed by atoms with van der Waals surface area (Å²) in [6, 6.07) is 34.9. The van der Waals surface area contributed by atoms with Gasteiger partial charge < -0.3 is 19.9 Å². The third-order valence-corrected chi connectivity index (χ3v) is 12.3. The number of unbranched alkanes of at least 4 members (excludes halogenated alkanes) is 4. The summed E-state index contributed by atoms with van der Waals surface area (Å²) in [4.78, 5) is 26.3. The van der Waals surface area contributed by atoms with E-state index in [1.807, 2.05) is 12.4 Å². The van der Waals surface area contributed by atoms with Gasteiger partial charge in [0, 0.05) is 76.3 Å². The van der Waals surface area contributed by atoms with Gasteiger partial charge in [0.2, 0.25) is 0 Å². The highest BCUT2D eigenvalue weighted by Crippen LogP contribution is 2.47. The second-order valence-electron chi connectivity index (χ2n) is 15.6. The SMILES string of the molecule is CCCCCc1c2[nH]c3ccccc3c2c(-c2cnc(-c3c4[nH]c5ccccc5c4c(CCCCC)c4[nH]c5ccccc5c34)cn2)c2[nH]c3ccccc3c12. The third-order valence-electron chi connectivity index (χ3n) is 12.3. The number of benzene rings is 6. The molecule has 0 fully saturated rings. The lowest BCUT2D eigenvalue weighted by molar-refractivity contribution is 0.721. The second kappa shape index (κ2) is 13.1. The van der Waals surface area contributed by atoms with Crippen LogP contribution in [0.3, 0.4) is 0 Å². The van der Waals surface area contributed by atoms with Gasteiger partial charge in [0.25, 0.3) is 0 Å². The van der Waals surface area contributed by atoms with Crippen LogP contribution in [0.25, 0.3) is 110 Å². The lowest BCUT2D eigenvalue weighted by Crippen LogP contribution is -1.97. The van der Waals surface area contributed by atoms with E-state index < -0.39 is 0 Å². The normalized spacial score (nSPS) is 12.3. The Morgan fingerprint density at radius 1 is 0.393 bits per heavy atom. The Morgan fingerprint density at radius 3 is 1.09 bits per heavy atom. The van der Waals surface area contributed by atoms with Gasteiger partial charge in [0.1, 0.15) is 0 Å². The minimum absolute atomic E-state index is 0.861. The van der Waals surface area contributed by atoms with Gasteiger partial charge in [-0.3, -0.25) is 9.97 Å². The summed E-state index contributed by atoms with van der Waals surface area (Å²) in [6.45, 7) is 4.56. The van der Waals surface area contributed by atoms with Crippen LogP contribution in [0.4, 0.5) is 0 Å². The average molecular weight is 729 g/mol. The van der Waals surface area contributed by atoms with E-state index in [0.29, 0.717) is 0 Å². The van der Waals surface area contributed by atoms with Gasteiger partial charge in [0.05, 0.1) is 45.8 Å². The number of nitrogens with one attached hydrogen (secondary N) is 4. The molecular formula is C50H44N6. The first-order valence-electron chi connectivity index (χ1n) is 20.5. The number of hydrogen-bond donors (Lipinski definition) is 4. The highest BCUT2D eigenvalue weighted by atomic mass is 14.8. The van der Waals surface area contributed by atoms with Crippen molar-refractivity contribution in [1.29, 1.82) is 0 Å². The molecule has 4 N–H and O–H groups in total. The molecule has 11 rings (SSSR count). The number of aromatic nitrogens is 6. The Bertz CT molecular complexity index is 3050. The van der Waals surface area contributed by atoms with Crippen molar-refractivity contribution < 1.29 is 0 Å². The minimum atomic E-state index is 0.861. The topological polar surface area (TPSA) is 88.9 Å². The Hall–Kier alpha value is -6.40. The Kier molecular flexibility index (Phi) is 7.73. The van der Waals surface area contributed by atoms with Crippen LogP contribution in [0.15, 0.2) is 109 Å². The number of H-pyrrole nitrogens is 4. The fourth-order valence-electron chi connectivity index (χ4n) is 9.74. The van der Waals surface area contributed by atoms with Crippen molar-refractivity contribution in [3.8, 4) is 22.5 Å². The minimum Gasteiger partial charge on any atom is -0.354 e. The molecule has 0 amide bonds. The van der Waals surface area contributed by atoms with E-state index in [1.165, 1.54) is 90.9 Å². The molecule has 0 atom stereocenters. The zero-order chi connectivity index (χ0) is 37.3. The Morgan fingerprint density at radius 2 is 0.732 bits per heavy atom. The van der Waals surface area contributed by atoms with Gasteiger partial charge in [-0.2, -0.15) is 0 Å². The van der Waals surface area contributed by atoms with Crippen LogP contribution in [0, 0.1) is 0 Å². The van der Waals surface area contributed by atoms with Crippen molar-refractivity contribution in [3.63, 3.8) is 0 Å². The largest absolute Gasteiger partial charge is 0.354 e. The number of fused-ring (bicyclic) bond motifs is 12. The number of nitrogens with zero attached hydrogens (tertiary/aromatic N) is 2. The summed E-state index contributed by atoms with van der Waals surface area (Å²) in [5, 5.41) is 9.92. The van der Waals surface area contributed by atoms with Gasteiger partial charge in [-0.05, 0) is 61.1 Å². The van der Waals surface area contributed by atoms with E-state index in [9.17, 15) is 0 Å². The predicted octanol–water partition coefficient (Wildman–Crippen LogP) is 13.8. The molecule has 0 saturated carbocycles. The maximum atomic E-state index is 5.38. The van der Waals surface area contributed by atoms with E-state index in [1.54, 1.807) is 0 Å². The van der Waals surface area contributed by atoms with Gasteiger partial charge >= 0.3 is 0 Å². The lowest BCUT2D eigenvalue weighted by Gasteiger charge is -2.14. The number of aromatic amines is 4. The Balaban J connectivity index is 1.20. The molecule has 56 heavy (non-hydrogen) atoms. The molecule has 0 radical (unpaired) electrons. The fraction of sp³-hybridized carbons (Fsp3) is 0.200. The molecule has 6 nitrogen and oxygen atoms in total. The van der Waals surface area contributed by atoms with Crippen molar-refractivity contribution in [2.24, 2.45) is 0 Å². The van der Waals surface area contributed by atoms with Crippen LogP contribution in [0.2, 0.25) is 0 Å². The van der Waals surface area contributed by atoms with E-state index >= 15 is 0 Å². The van der Waals surface area contributed by atoms with E-state index in [2.05, 4.69) is 131 Å². The fourth-order valence-corrected chi connectivity index (χ4v) is 9.74. The average Bonchev–Trinajstić information content (AvgIpc) is 4.02. The zero-order valence-electron chi connectivity index (χ0n) is 31.9. The second-order valence-corrected chi connectivity index (χ2v) is 15.6. The smallest absolute Gasteiger partial charge is 0.0913 e. The highest BCUT2D eigenvalue weighted by molar-refractivity contribution is 6.28. The van der Waals surface area contributed by atoms with Crippen molar-refractivity contribution >= 4 is 87.2 Å². The molecule has 0 aliphatic carbocycles. The van der Waals surface area contributed by atoms with Crippen LogP contribution in [0.5, 0.6) is 0 Å². The Labute approximate surface area is 324 Å². The molecule has 274 valence electrons. The lowest BCUT2D eigenvalue weighted by atomic mass is 9.92. The molecule has 0 bridgehead atoms. The number of aryl methyl sites for hydroxylation is 2. The molecule has 0 unspecified atom stereocenters. The van der Waals surface area contributed by atoms with Crippen LogP contribution in [-0.4, -0.2) is 29.9 Å². The molecule has 11 aromatic rings. The first-order chi connectivity index (χ1) is 27.7. The monoisotopic (exact) mass is 728 g/mol. The van der Waals surface area contributed by atoms with Crippen molar-refractivity contribution in [2.75, 3.05) is 0 Å². The van der Waals surface area contributed by atoms with Gasteiger partial charge in [-0.15, -0.1) is 0 Å². The summed E-state index contributed by atoms with van der Waals surface area (Å²) >= 11 is 0. The van der Waals surface area contributed by atoms with Crippen molar-refractivity contribution in [3.05, 3.63) is 121 Å². The molecule has 0 aliphatic heterocycles. The summed E-state index contributed by atoms with van der Waals surface area (Å²) in [7, 11) is 0. The number of para-hydroxylation sites is 4. The molecular weight excluding hydrogens is 685 g/mol. The number of hydrogen-bond acceptors (Lipinski definition) is 2. The summed E-state index contributed by atoms with van der Waals surface area (Å²) in [5.74, 6) is 0. The molecule has 0 aliphatic rings. The van der Waals surface area contributed by atoms with Gasteiger partial charge in [-0.25, -0.2) is 0 Å². The van der Waals surface area contributed by atoms with Crippen LogP contribution in [0.1, 0.15) is 63.5 Å². The molecule has 6 aromatic carbocycles. The van der Waals surface area contributed by atoms with E-state index in [-0.39, 0.29) is 0 Å². The van der Waals surface area contributed by atoms with Gasteiger partial charge in [0.15, 0.2) is 0 Å². The van der Waals surface area contributed by atoms with E-state index in [0.717, 1.165) is 81.3 Å². The predicted molar refractivity (Wildman–Crippen MR) is 237 cm³/mol. The summed E-state index contributed by atoms with van der Waals surface area (Å²) < 4.78 is 0. The quantitative estimate of drug-likeness (QED) is 0.106. The number of rotatable bonds is 10. The van der Waals surface area contributed by atoms with Crippen molar-refractivity contribution in [1.82, 2.24) is 29.9 Å². The third kappa shape index (κ3) is 4.88. The molecule has 5 heterocycles. The van der Waals surface area contributed by atoms with Crippen LogP contribution < -0.4 is 0 Å². The summed E-state index contributed by atoms with van der Waals surface area (Å²) in [5.41, 5.74) is 15.9. The first-order valence-corrected chi connectivity index (χ1v) is 20.5. The van der Waals surface area contributed by atoms with Gasteiger partial charge in [-0.1, -0.05) is 112 Å². The molecule has 5 aromatic heterocycles. The van der Waals surface area contributed by atoms with Crippen molar-refractivity contribution in [2.45, 2.75) is 65.2 Å². The standard InChI is InChI=1S/C50H44N6/c1-3-5-7-21-33-41-29-17-9-13-23-35(29)55-49(41)45(43-31-19-11-15-25-37(31)53-47(33)43)39-27-52-40(28-51-39)46-44-32-20-12-16-26-38(32)54-48(44)34(22-8-6-4-2)42-30-18-10-14-24-36(30)56-50(42)46/h9-20,23-28,53-56H,3-8,21-22H2,1-2H3.